The van der Waals surface area contributed by atoms with Crippen molar-refractivity contribution in [1.29, 1.82) is 0 Å². The third kappa shape index (κ3) is 4.79. The maximum atomic E-state index is 11.7. The molecule has 1 fully saturated rings. The second-order valence-corrected chi connectivity index (χ2v) is 5.88. The van der Waals surface area contributed by atoms with Crippen LogP contribution in [0.4, 0.5) is 0 Å². The van der Waals surface area contributed by atoms with Gasteiger partial charge in [0.2, 0.25) is 10.0 Å². The van der Waals surface area contributed by atoms with Gasteiger partial charge in [-0.05, 0) is 25.3 Å². The minimum absolute atomic E-state index is 0. The number of nitrogens with zero attached hydrogens (tertiary/aromatic N) is 1. The summed E-state index contributed by atoms with van der Waals surface area (Å²) in [6.07, 6.45) is 1.52. The van der Waals surface area contributed by atoms with E-state index in [2.05, 4.69) is 4.74 Å². The summed E-state index contributed by atoms with van der Waals surface area (Å²) >= 11 is 0. The maximum absolute atomic E-state index is 11.7. The summed E-state index contributed by atoms with van der Waals surface area (Å²) in [6, 6.07) is 0. The second kappa shape index (κ2) is 7.15. The summed E-state index contributed by atoms with van der Waals surface area (Å²) in [5, 5.41) is 0. The monoisotopic (exact) mass is 286 g/mol. The standard InChI is InChI=1S/C9H18N2O4S.ClH/c1-15-9(12)7-16(13,14)11-4-2-8(6-10)3-5-11;/h8H,2-7,10H2,1H3;1H. The first-order valence-corrected chi connectivity index (χ1v) is 6.85. The molecule has 0 aromatic rings. The number of halogens is 1. The molecule has 1 aliphatic rings. The van der Waals surface area contributed by atoms with Crippen LogP contribution in [0.15, 0.2) is 0 Å². The molecule has 0 unspecified atom stereocenters. The van der Waals surface area contributed by atoms with Crippen molar-refractivity contribution < 1.29 is 17.9 Å². The normalized spacial score (nSPS) is 18.5. The maximum Gasteiger partial charge on any atom is 0.322 e. The zero-order valence-electron chi connectivity index (χ0n) is 9.79. The van der Waals surface area contributed by atoms with Gasteiger partial charge in [-0.25, -0.2) is 12.7 Å². The topological polar surface area (TPSA) is 89.7 Å². The minimum Gasteiger partial charge on any atom is -0.468 e. The van der Waals surface area contributed by atoms with E-state index in [1.54, 1.807) is 0 Å². The first-order valence-electron chi connectivity index (χ1n) is 5.24. The van der Waals surface area contributed by atoms with Gasteiger partial charge in [0.1, 0.15) is 0 Å². The molecule has 0 radical (unpaired) electrons. The van der Waals surface area contributed by atoms with Crippen LogP contribution in [0, 0.1) is 5.92 Å². The molecule has 1 aliphatic heterocycles. The Morgan fingerprint density at radius 1 is 1.41 bits per heavy atom. The molecule has 2 N–H and O–H groups in total. The van der Waals surface area contributed by atoms with Crippen LogP contribution in [-0.4, -0.2) is 51.2 Å². The van der Waals surface area contributed by atoms with E-state index < -0.39 is 21.7 Å². The van der Waals surface area contributed by atoms with Crippen LogP contribution in [0.1, 0.15) is 12.8 Å². The summed E-state index contributed by atoms with van der Waals surface area (Å²) in [6.45, 7) is 1.48. The fraction of sp³-hybridized carbons (Fsp3) is 0.889. The number of piperidine rings is 1. The lowest BCUT2D eigenvalue weighted by Crippen LogP contribution is -2.42. The van der Waals surface area contributed by atoms with Crippen molar-refractivity contribution in [2.24, 2.45) is 11.7 Å². The van der Waals surface area contributed by atoms with E-state index in [1.165, 1.54) is 11.4 Å². The molecule has 0 spiro atoms. The van der Waals surface area contributed by atoms with Gasteiger partial charge in [0.05, 0.1) is 7.11 Å². The number of ether oxygens (including phenoxy) is 1. The molecule has 1 rings (SSSR count). The van der Waals surface area contributed by atoms with Gasteiger partial charge in [0.15, 0.2) is 5.75 Å². The van der Waals surface area contributed by atoms with Crippen LogP contribution in [0.3, 0.4) is 0 Å². The first-order chi connectivity index (χ1) is 7.49. The zero-order chi connectivity index (χ0) is 12.2. The molecule has 0 aromatic carbocycles. The SMILES string of the molecule is COC(=O)CS(=O)(=O)N1CCC(CN)CC1.Cl. The number of hydrogen-bond acceptors (Lipinski definition) is 5. The van der Waals surface area contributed by atoms with E-state index in [0.717, 1.165) is 12.8 Å². The number of sulfonamides is 1. The third-order valence-corrected chi connectivity index (χ3v) is 4.58. The Hall–Kier alpha value is -0.370. The number of carbonyl (C=O) groups is 1. The molecule has 1 heterocycles. The predicted molar refractivity (Wildman–Crippen MR) is 66.4 cm³/mol. The Bertz CT molecular complexity index is 339. The van der Waals surface area contributed by atoms with Gasteiger partial charge < -0.3 is 10.5 Å². The van der Waals surface area contributed by atoms with Crippen molar-refractivity contribution in [2.45, 2.75) is 12.8 Å². The van der Waals surface area contributed by atoms with Crippen molar-refractivity contribution in [1.82, 2.24) is 4.31 Å². The molecule has 0 amide bonds. The number of methoxy groups -OCH3 is 1. The van der Waals surface area contributed by atoms with E-state index in [4.69, 9.17) is 5.73 Å². The van der Waals surface area contributed by atoms with Crippen molar-refractivity contribution in [3.8, 4) is 0 Å². The van der Waals surface area contributed by atoms with E-state index in [0.29, 0.717) is 25.6 Å². The Labute approximate surface area is 108 Å². The van der Waals surface area contributed by atoms with Gasteiger partial charge in [-0.1, -0.05) is 0 Å². The minimum atomic E-state index is -3.51. The lowest BCUT2D eigenvalue weighted by atomic mass is 9.99. The van der Waals surface area contributed by atoms with E-state index in [1.807, 2.05) is 0 Å². The van der Waals surface area contributed by atoms with E-state index in [9.17, 15) is 13.2 Å². The van der Waals surface area contributed by atoms with Crippen molar-refractivity contribution in [2.75, 3.05) is 32.5 Å². The van der Waals surface area contributed by atoms with Crippen LogP contribution in [0.25, 0.3) is 0 Å². The molecular formula is C9H19ClN2O4S. The average molecular weight is 287 g/mol. The molecule has 102 valence electrons. The summed E-state index contributed by atoms with van der Waals surface area (Å²) < 4.78 is 29.2. The summed E-state index contributed by atoms with van der Waals surface area (Å²) in [7, 11) is -2.33. The Morgan fingerprint density at radius 2 is 1.94 bits per heavy atom. The van der Waals surface area contributed by atoms with Crippen molar-refractivity contribution >= 4 is 28.4 Å². The summed E-state index contributed by atoms with van der Waals surface area (Å²) in [5.74, 6) is -0.901. The Balaban J connectivity index is 0.00000256. The number of carbonyl (C=O) groups excluding carboxylic acids is 1. The Morgan fingerprint density at radius 3 is 2.35 bits per heavy atom. The van der Waals surface area contributed by atoms with Gasteiger partial charge in [-0.3, -0.25) is 4.79 Å². The van der Waals surface area contributed by atoms with Gasteiger partial charge in [-0.2, -0.15) is 0 Å². The molecule has 0 bridgehead atoms. The summed E-state index contributed by atoms with van der Waals surface area (Å²) in [4.78, 5) is 10.9. The lowest BCUT2D eigenvalue weighted by molar-refractivity contribution is -0.137. The van der Waals surface area contributed by atoms with Crippen LogP contribution in [-0.2, 0) is 19.6 Å². The fourth-order valence-electron chi connectivity index (χ4n) is 1.72. The molecule has 0 aromatic heterocycles. The molecule has 0 atom stereocenters. The number of nitrogens with two attached hydrogens (primary N) is 1. The molecule has 8 heteroatoms. The third-order valence-electron chi connectivity index (χ3n) is 2.83. The van der Waals surface area contributed by atoms with Crippen LogP contribution >= 0.6 is 12.4 Å². The number of esters is 1. The lowest BCUT2D eigenvalue weighted by Gasteiger charge is -2.30. The van der Waals surface area contributed by atoms with Crippen LogP contribution in [0.5, 0.6) is 0 Å². The van der Waals surface area contributed by atoms with Crippen LogP contribution in [0.2, 0.25) is 0 Å². The van der Waals surface area contributed by atoms with Crippen molar-refractivity contribution in [3.05, 3.63) is 0 Å². The Kier molecular flexibility index (Phi) is 6.99. The van der Waals surface area contributed by atoms with E-state index >= 15 is 0 Å². The highest BCUT2D eigenvalue weighted by Crippen LogP contribution is 2.18. The van der Waals surface area contributed by atoms with Crippen LogP contribution < -0.4 is 5.73 Å². The predicted octanol–water partition coefficient (Wildman–Crippen LogP) is -0.418. The zero-order valence-corrected chi connectivity index (χ0v) is 11.4. The molecule has 0 saturated carbocycles. The van der Waals surface area contributed by atoms with E-state index in [-0.39, 0.29) is 12.4 Å². The first kappa shape index (κ1) is 16.6. The van der Waals surface area contributed by atoms with Gasteiger partial charge in [0, 0.05) is 13.1 Å². The highest BCUT2D eigenvalue weighted by atomic mass is 35.5. The quantitative estimate of drug-likeness (QED) is 0.709. The molecule has 17 heavy (non-hydrogen) atoms. The average Bonchev–Trinajstić information content (AvgIpc) is 2.28. The largest absolute Gasteiger partial charge is 0.468 e. The van der Waals surface area contributed by atoms with Gasteiger partial charge in [0.25, 0.3) is 0 Å². The molecule has 6 nitrogen and oxygen atoms in total. The van der Waals surface area contributed by atoms with Gasteiger partial charge >= 0.3 is 5.97 Å². The molecular weight excluding hydrogens is 268 g/mol. The highest BCUT2D eigenvalue weighted by Gasteiger charge is 2.29. The number of rotatable bonds is 4. The summed E-state index contributed by atoms with van der Waals surface area (Å²) in [5.41, 5.74) is 5.52. The number of hydrogen-bond donors (Lipinski definition) is 1. The highest BCUT2D eigenvalue weighted by molar-refractivity contribution is 7.89. The molecule has 0 aliphatic carbocycles. The fourth-order valence-corrected chi connectivity index (χ4v) is 3.09. The second-order valence-electron chi connectivity index (χ2n) is 3.91. The van der Waals surface area contributed by atoms with Gasteiger partial charge in [-0.15, -0.1) is 12.4 Å². The smallest absolute Gasteiger partial charge is 0.322 e. The molecule has 1 saturated heterocycles. The van der Waals surface area contributed by atoms with Crippen molar-refractivity contribution in [3.63, 3.8) is 0 Å².